The molecule has 4 nitrogen and oxygen atoms in total. The van der Waals surface area contributed by atoms with E-state index in [2.05, 4.69) is 21.0 Å². The topological polar surface area (TPSA) is 64.1 Å². The molecule has 1 heterocycles. The molecule has 1 aromatic heterocycles. The van der Waals surface area contributed by atoms with E-state index in [0.29, 0.717) is 12.2 Å². The highest BCUT2D eigenvalue weighted by Crippen LogP contribution is 2.24. The molecule has 0 spiro atoms. The maximum absolute atomic E-state index is 8.81. The van der Waals surface area contributed by atoms with Gasteiger partial charge in [0, 0.05) is 16.6 Å². The quantitative estimate of drug-likeness (QED) is 0.908. The van der Waals surface area contributed by atoms with Crippen LogP contribution in [0.1, 0.15) is 12.0 Å². The molecule has 0 unspecified atom stereocenters. The Labute approximate surface area is 108 Å². The molecule has 0 saturated carbocycles. The average molecular weight is 296 g/mol. The van der Waals surface area contributed by atoms with E-state index in [0.717, 1.165) is 22.1 Å². The van der Waals surface area contributed by atoms with Crippen LogP contribution in [-0.4, -0.2) is 21.5 Å². The number of nitrogens with two attached hydrogens (primary N) is 1. The van der Waals surface area contributed by atoms with Crippen LogP contribution in [0.4, 0.5) is 5.82 Å². The number of para-hydroxylation sites is 1. The number of anilines is 1. The maximum atomic E-state index is 8.81. The molecule has 1 aromatic carbocycles. The van der Waals surface area contributed by atoms with E-state index in [-0.39, 0.29) is 6.61 Å². The minimum atomic E-state index is 0.166. The van der Waals surface area contributed by atoms with Crippen molar-refractivity contribution in [2.75, 3.05) is 12.3 Å². The number of hydrogen-bond donors (Lipinski definition) is 2. The summed E-state index contributed by atoms with van der Waals surface area (Å²) in [6.07, 6.45) is 3.20. The van der Waals surface area contributed by atoms with Gasteiger partial charge in [0.1, 0.15) is 5.82 Å². The van der Waals surface area contributed by atoms with Gasteiger partial charge in [0.15, 0.2) is 0 Å². The number of benzene rings is 1. The van der Waals surface area contributed by atoms with Gasteiger partial charge >= 0.3 is 0 Å². The van der Waals surface area contributed by atoms with E-state index >= 15 is 0 Å². The summed E-state index contributed by atoms with van der Waals surface area (Å²) < 4.78 is 2.65. The lowest BCUT2D eigenvalue weighted by Gasteiger charge is -2.07. The van der Waals surface area contributed by atoms with Gasteiger partial charge in [0.25, 0.3) is 0 Å². The number of nitrogens with zero attached hydrogens (tertiary/aromatic N) is 2. The number of aromatic nitrogens is 2. The number of rotatable bonds is 4. The van der Waals surface area contributed by atoms with Gasteiger partial charge < -0.3 is 10.8 Å². The van der Waals surface area contributed by atoms with Crippen molar-refractivity contribution >= 4 is 21.7 Å². The number of halogens is 1. The van der Waals surface area contributed by atoms with Crippen molar-refractivity contribution in [3.63, 3.8) is 0 Å². The molecule has 0 fully saturated rings. The predicted molar refractivity (Wildman–Crippen MR) is 71.1 cm³/mol. The fourth-order valence-corrected chi connectivity index (χ4v) is 2.12. The van der Waals surface area contributed by atoms with Crippen LogP contribution >= 0.6 is 15.9 Å². The van der Waals surface area contributed by atoms with E-state index in [1.54, 1.807) is 10.9 Å². The highest BCUT2D eigenvalue weighted by atomic mass is 79.9. The Hall–Kier alpha value is -1.33. The summed E-state index contributed by atoms with van der Waals surface area (Å²) in [4.78, 5) is 0. The van der Waals surface area contributed by atoms with Crippen LogP contribution in [0.2, 0.25) is 0 Å². The van der Waals surface area contributed by atoms with Gasteiger partial charge in [-0.15, -0.1) is 0 Å². The summed E-state index contributed by atoms with van der Waals surface area (Å²) in [7, 11) is 0. The van der Waals surface area contributed by atoms with Gasteiger partial charge in [-0.3, -0.25) is 0 Å². The smallest absolute Gasteiger partial charge is 0.130 e. The zero-order valence-corrected chi connectivity index (χ0v) is 10.9. The summed E-state index contributed by atoms with van der Waals surface area (Å²) in [6, 6.07) is 7.78. The maximum Gasteiger partial charge on any atom is 0.130 e. The molecule has 0 amide bonds. The van der Waals surface area contributed by atoms with Gasteiger partial charge in [0.05, 0.1) is 11.9 Å². The Morgan fingerprint density at radius 2 is 2.12 bits per heavy atom. The Kier molecular flexibility index (Phi) is 3.81. The van der Waals surface area contributed by atoms with Crippen LogP contribution in [0.3, 0.4) is 0 Å². The zero-order valence-electron chi connectivity index (χ0n) is 9.31. The first kappa shape index (κ1) is 12.1. The molecule has 90 valence electrons. The number of nitrogen functional groups attached to an aromatic ring is 1. The van der Waals surface area contributed by atoms with Crippen LogP contribution in [-0.2, 0) is 6.42 Å². The molecule has 0 radical (unpaired) electrons. The van der Waals surface area contributed by atoms with Crippen LogP contribution in [0.5, 0.6) is 0 Å². The normalized spacial score (nSPS) is 10.7. The lowest BCUT2D eigenvalue weighted by molar-refractivity contribution is 0.288. The molecular formula is C12H14BrN3O. The minimum Gasteiger partial charge on any atom is -0.396 e. The van der Waals surface area contributed by atoms with Crippen molar-refractivity contribution in [2.24, 2.45) is 0 Å². The van der Waals surface area contributed by atoms with Crippen molar-refractivity contribution in [2.45, 2.75) is 12.8 Å². The van der Waals surface area contributed by atoms with E-state index in [1.165, 1.54) is 0 Å². The van der Waals surface area contributed by atoms with Crippen molar-refractivity contribution in [1.82, 2.24) is 9.78 Å². The Morgan fingerprint density at radius 3 is 2.82 bits per heavy atom. The molecular weight excluding hydrogens is 282 g/mol. The molecule has 0 aliphatic rings. The monoisotopic (exact) mass is 295 g/mol. The molecule has 0 saturated heterocycles. The summed E-state index contributed by atoms with van der Waals surface area (Å²) >= 11 is 3.47. The van der Waals surface area contributed by atoms with E-state index in [4.69, 9.17) is 10.8 Å². The van der Waals surface area contributed by atoms with Crippen molar-refractivity contribution in [3.8, 4) is 5.69 Å². The summed E-state index contributed by atoms with van der Waals surface area (Å²) in [5.74, 6) is 0.630. The molecule has 2 rings (SSSR count). The Balaban J connectivity index is 2.34. The summed E-state index contributed by atoms with van der Waals surface area (Å²) in [5, 5.41) is 13.1. The highest BCUT2D eigenvalue weighted by molar-refractivity contribution is 9.10. The largest absolute Gasteiger partial charge is 0.396 e. The van der Waals surface area contributed by atoms with Gasteiger partial charge in [-0.1, -0.05) is 12.1 Å². The lowest BCUT2D eigenvalue weighted by atomic mass is 10.2. The third kappa shape index (κ3) is 2.50. The second-order valence-corrected chi connectivity index (χ2v) is 4.60. The molecule has 0 bridgehead atoms. The predicted octanol–water partition coefficient (Wildman–Crippen LogP) is 2.14. The number of aliphatic hydroxyl groups is 1. The lowest BCUT2D eigenvalue weighted by Crippen LogP contribution is -2.04. The number of aliphatic hydroxyl groups excluding tert-OH is 1. The summed E-state index contributed by atoms with van der Waals surface area (Å²) in [5.41, 5.74) is 7.93. The number of aryl methyl sites for hydroxylation is 1. The van der Waals surface area contributed by atoms with Gasteiger partial charge in [0.2, 0.25) is 0 Å². The Bertz CT molecular complexity index is 510. The van der Waals surface area contributed by atoms with Crippen LogP contribution < -0.4 is 5.73 Å². The van der Waals surface area contributed by atoms with E-state index in [9.17, 15) is 0 Å². The number of hydrogen-bond acceptors (Lipinski definition) is 3. The average Bonchev–Trinajstić information content (AvgIpc) is 2.69. The summed E-state index contributed by atoms with van der Waals surface area (Å²) in [6.45, 7) is 0.166. The second kappa shape index (κ2) is 5.33. The molecule has 2 aromatic rings. The van der Waals surface area contributed by atoms with Crippen molar-refractivity contribution < 1.29 is 5.11 Å². The van der Waals surface area contributed by atoms with Crippen molar-refractivity contribution in [3.05, 3.63) is 40.5 Å². The van der Waals surface area contributed by atoms with Crippen LogP contribution in [0.15, 0.2) is 34.9 Å². The van der Waals surface area contributed by atoms with Crippen LogP contribution in [0.25, 0.3) is 5.69 Å². The fraction of sp³-hybridized carbons (Fsp3) is 0.250. The first-order valence-corrected chi connectivity index (χ1v) is 6.21. The van der Waals surface area contributed by atoms with Gasteiger partial charge in [-0.05, 0) is 40.9 Å². The second-order valence-electron chi connectivity index (χ2n) is 3.75. The molecule has 5 heteroatoms. The van der Waals surface area contributed by atoms with Gasteiger partial charge in [-0.2, -0.15) is 5.10 Å². The minimum absolute atomic E-state index is 0.166. The Morgan fingerprint density at radius 1 is 1.35 bits per heavy atom. The SMILES string of the molecule is Nc1c(CCCO)cnn1-c1ccccc1Br. The zero-order chi connectivity index (χ0) is 12.3. The molecule has 0 atom stereocenters. The molecule has 0 aliphatic carbocycles. The first-order valence-electron chi connectivity index (χ1n) is 5.42. The van der Waals surface area contributed by atoms with E-state index in [1.807, 2.05) is 24.3 Å². The molecule has 3 N–H and O–H groups in total. The third-order valence-electron chi connectivity index (χ3n) is 2.57. The third-order valence-corrected chi connectivity index (χ3v) is 3.24. The highest BCUT2D eigenvalue weighted by Gasteiger charge is 2.10. The van der Waals surface area contributed by atoms with Crippen molar-refractivity contribution in [1.29, 1.82) is 0 Å². The standard InChI is InChI=1S/C12H14BrN3O/c13-10-5-1-2-6-11(10)16-12(14)9(8-15-16)4-3-7-17/h1-2,5-6,8,17H,3-4,7,14H2. The first-order chi connectivity index (χ1) is 8.24. The van der Waals surface area contributed by atoms with Crippen LogP contribution in [0, 0.1) is 0 Å². The van der Waals surface area contributed by atoms with Gasteiger partial charge in [-0.25, -0.2) is 4.68 Å². The molecule has 17 heavy (non-hydrogen) atoms. The fourth-order valence-electron chi connectivity index (χ4n) is 1.67. The molecule has 0 aliphatic heterocycles. The van der Waals surface area contributed by atoms with E-state index < -0.39 is 0 Å².